The maximum Gasteiger partial charge on any atom is 0.0276 e. The van der Waals surface area contributed by atoms with Gasteiger partial charge in [0, 0.05) is 5.70 Å². The third-order valence-corrected chi connectivity index (χ3v) is 2.35. The van der Waals surface area contributed by atoms with Crippen LogP contribution in [0.2, 0.25) is 0 Å². The minimum absolute atomic E-state index is 0.887. The van der Waals surface area contributed by atoms with E-state index in [9.17, 15) is 0 Å². The van der Waals surface area contributed by atoms with E-state index in [0.29, 0.717) is 0 Å². The summed E-state index contributed by atoms with van der Waals surface area (Å²) >= 11 is 0. The SMILES string of the molecule is NC1=CCC2=C(C=C1)CCC=C2. The Morgan fingerprint density at radius 3 is 2.92 bits per heavy atom. The van der Waals surface area contributed by atoms with Gasteiger partial charge in [-0.2, -0.15) is 0 Å². The van der Waals surface area contributed by atoms with E-state index in [1.54, 1.807) is 0 Å². The number of hydrogen-bond acceptors (Lipinski definition) is 1. The predicted molar refractivity (Wildman–Crippen MR) is 51.4 cm³/mol. The van der Waals surface area contributed by atoms with Crippen LogP contribution in [0.1, 0.15) is 19.3 Å². The first-order valence-electron chi connectivity index (χ1n) is 4.38. The van der Waals surface area contributed by atoms with Crippen LogP contribution in [0.5, 0.6) is 0 Å². The highest BCUT2D eigenvalue weighted by molar-refractivity contribution is 5.42. The maximum atomic E-state index is 5.71. The Hall–Kier alpha value is -1.24. The topological polar surface area (TPSA) is 26.0 Å². The van der Waals surface area contributed by atoms with Crippen molar-refractivity contribution in [2.45, 2.75) is 19.3 Å². The lowest BCUT2D eigenvalue weighted by Crippen LogP contribution is -1.91. The Labute approximate surface area is 73.0 Å². The zero-order valence-electron chi connectivity index (χ0n) is 7.09. The fraction of sp³-hybridized carbons (Fsp3) is 0.273. The summed E-state index contributed by atoms with van der Waals surface area (Å²) in [5.74, 6) is 0. The van der Waals surface area contributed by atoms with Crippen LogP contribution in [0, 0.1) is 0 Å². The molecule has 1 heteroatoms. The lowest BCUT2D eigenvalue weighted by molar-refractivity contribution is 0.957. The second-order valence-electron chi connectivity index (χ2n) is 3.23. The Morgan fingerprint density at radius 2 is 2.00 bits per heavy atom. The molecule has 0 radical (unpaired) electrons. The molecule has 0 aliphatic heterocycles. The number of rotatable bonds is 0. The molecule has 0 amide bonds. The second-order valence-corrected chi connectivity index (χ2v) is 3.23. The van der Waals surface area contributed by atoms with Crippen molar-refractivity contribution in [2.24, 2.45) is 5.73 Å². The van der Waals surface area contributed by atoms with Gasteiger partial charge >= 0.3 is 0 Å². The molecule has 0 heterocycles. The van der Waals surface area contributed by atoms with Crippen LogP contribution in [-0.2, 0) is 0 Å². The van der Waals surface area contributed by atoms with Crippen LogP contribution in [0.4, 0.5) is 0 Å². The summed E-state index contributed by atoms with van der Waals surface area (Å²) in [7, 11) is 0. The molecule has 0 saturated heterocycles. The smallest absolute Gasteiger partial charge is 0.0276 e. The summed E-state index contributed by atoms with van der Waals surface area (Å²) in [6, 6.07) is 0. The third-order valence-electron chi connectivity index (χ3n) is 2.35. The molecule has 0 bridgehead atoms. The van der Waals surface area contributed by atoms with Crippen LogP contribution in [0.25, 0.3) is 0 Å². The molecular formula is C11H13N. The van der Waals surface area contributed by atoms with Gasteiger partial charge in [0.15, 0.2) is 0 Å². The summed E-state index contributed by atoms with van der Waals surface area (Å²) in [6.07, 6.45) is 14.0. The Bertz CT molecular complexity index is 303. The molecule has 2 aliphatic carbocycles. The van der Waals surface area contributed by atoms with Crippen molar-refractivity contribution in [3.8, 4) is 0 Å². The molecule has 0 aromatic carbocycles. The number of hydrogen-bond donors (Lipinski definition) is 1. The van der Waals surface area contributed by atoms with E-state index in [4.69, 9.17) is 5.73 Å². The van der Waals surface area contributed by atoms with Gasteiger partial charge in [-0.3, -0.25) is 0 Å². The minimum atomic E-state index is 0.887. The predicted octanol–water partition coefficient (Wildman–Crippen LogP) is 2.44. The maximum absolute atomic E-state index is 5.71. The van der Waals surface area contributed by atoms with Gasteiger partial charge in [-0.1, -0.05) is 24.3 Å². The van der Waals surface area contributed by atoms with Crippen LogP contribution in [0.3, 0.4) is 0 Å². The first kappa shape index (κ1) is 7.41. The first-order valence-corrected chi connectivity index (χ1v) is 4.38. The molecule has 2 aliphatic rings. The van der Waals surface area contributed by atoms with Gasteiger partial charge in [0.05, 0.1) is 0 Å². The van der Waals surface area contributed by atoms with E-state index in [1.165, 1.54) is 24.0 Å². The molecule has 0 saturated carbocycles. The van der Waals surface area contributed by atoms with Gasteiger partial charge in [0.2, 0.25) is 0 Å². The van der Waals surface area contributed by atoms with Crippen molar-refractivity contribution < 1.29 is 0 Å². The fourth-order valence-corrected chi connectivity index (χ4v) is 1.61. The van der Waals surface area contributed by atoms with Crippen molar-refractivity contribution >= 4 is 0 Å². The van der Waals surface area contributed by atoms with Crippen LogP contribution in [-0.4, -0.2) is 0 Å². The standard InChI is InChI=1S/C11H13N/c12-11-7-5-9-3-1-2-4-10(9)6-8-11/h1,3,6-8H,2,4-5,12H2. The van der Waals surface area contributed by atoms with E-state index in [0.717, 1.165) is 12.1 Å². The molecule has 0 spiro atoms. The minimum Gasteiger partial charge on any atom is -0.399 e. The number of nitrogens with two attached hydrogens (primary N) is 1. The van der Waals surface area contributed by atoms with Crippen molar-refractivity contribution in [3.05, 3.63) is 47.2 Å². The van der Waals surface area contributed by atoms with Crippen molar-refractivity contribution in [1.82, 2.24) is 0 Å². The lowest BCUT2D eigenvalue weighted by Gasteiger charge is -2.09. The largest absolute Gasteiger partial charge is 0.399 e. The van der Waals surface area contributed by atoms with Crippen molar-refractivity contribution in [3.63, 3.8) is 0 Å². The average Bonchev–Trinajstić information content (AvgIpc) is 2.29. The van der Waals surface area contributed by atoms with Gasteiger partial charge in [-0.15, -0.1) is 0 Å². The second kappa shape index (κ2) is 3.02. The van der Waals surface area contributed by atoms with Gasteiger partial charge in [0.25, 0.3) is 0 Å². The van der Waals surface area contributed by atoms with E-state index < -0.39 is 0 Å². The van der Waals surface area contributed by atoms with E-state index >= 15 is 0 Å². The quantitative estimate of drug-likeness (QED) is 0.577. The molecule has 0 fully saturated rings. The van der Waals surface area contributed by atoms with Crippen molar-refractivity contribution in [1.29, 1.82) is 0 Å². The molecule has 0 aromatic heterocycles. The number of allylic oxidation sites excluding steroid dienone is 7. The molecular weight excluding hydrogens is 146 g/mol. The highest BCUT2D eigenvalue weighted by Crippen LogP contribution is 2.25. The Balaban J connectivity index is 2.33. The Morgan fingerprint density at radius 1 is 1.08 bits per heavy atom. The van der Waals surface area contributed by atoms with Crippen LogP contribution >= 0.6 is 0 Å². The van der Waals surface area contributed by atoms with Gasteiger partial charge < -0.3 is 5.73 Å². The summed E-state index contributed by atoms with van der Waals surface area (Å²) in [5, 5.41) is 0. The van der Waals surface area contributed by atoms with Crippen LogP contribution in [0.15, 0.2) is 47.2 Å². The molecule has 1 nitrogen and oxygen atoms in total. The third kappa shape index (κ3) is 1.35. The van der Waals surface area contributed by atoms with Crippen molar-refractivity contribution in [2.75, 3.05) is 0 Å². The summed E-state index contributed by atoms with van der Waals surface area (Å²) < 4.78 is 0. The molecule has 0 unspecified atom stereocenters. The fourth-order valence-electron chi connectivity index (χ4n) is 1.61. The lowest BCUT2D eigenvalue weighted by atomic mass is 9.96. The zero-order chi connectivity index (χ0) is 8.39. The highest BCUT2D eigenvalue weighted by Gasteiger charge is 2.06. The molecule has 2 rings (SSSR count). The van der Waals surface area contributed by atoms with Gasteiger partial charge in [-0.05, 0) is 36.5 Å². The van der Waals surface area contributed by atoms with Crippen LogP contribution < -0.4 is 5.73 Å². The van der Waals surface area contributed by atoms with Gasteiger partial charge in [-0.25, -0.2) is 0 Å². The molecule has 62 valence electrons. The molecule has 2 N–H and O–H groups in total. The summed E-state index contributed by atoms with van der Waals surface area (Å²) in [4.78, 5) is 0. The molecule has 0 atom stereocenters. The summed E-state index contributed by atoms with van der Waals surface area (Å²) in [5.41, 5.74) is 9.48. The normalized spacial score (nSPS) is 21.8. The zero-order valence-corrected chi connectivity index (χ0v) is 7.09. The van der Waals surface area contributed by atoms with Gasteiger partial charge in [0.1, 0.15) is 0 Å². The van der Waals surface area contributed by atoms with E-state index in [1.807, 2.05) is 6.08 Å². The van der Waals surface area contributed by atoms with E-state index in [-0.39, 0.29) is 0 Å². The molecule has 0 aromatic rings. The Kier molecular flexibility index (Phi) is 1.86. The molecule has 12 heavy (non-hydrogen) atoms. The summed E-state index contributed by atoms with van der Waals surface area (Å²) in [6.45, 7) is 0. The first-order chi connectivity index (χ1) is 5.86. The highest BCUT2D eigenvalue weighted by atomic mass is 14.6. The van der Waals surface area contributed by atoms with E-state index in [2.05, 4.69) is 24.3 Å². The monoisotopic (exact) mass is 159 g/mol. The average molecular weight is 159 g/mol.